The minimum absolute atomic E-state index is 0.0852. The SMILES string of the molecule is CS(=O)(=O)Oc1ccc(OC[C@@H]2[C@@H](CC[C@H](O)c3ccc(F)cc3)C=NN2c2ccc(F)cc2)cc1. The molecule has 0 unspecified atom stereocenters. The molecule has 0 saturated carbocycles. The van der Waals surface area contributed by atoms with Gasteiger partial charge in [0.2, 0.25) is 0 Å². The maximum atomic E-state index is 13.5. The van der Waals surface area contributed by atoms with Gasteiger partial charge in [-0.2, -0.15) is 13.5 Å². The van der Waals surface area contributed by atoms with E-state index in [4.69, 9.17) is 8.92 Å². The molecular formula is C26H26F2N2O5S. The largest absolute Gasteiger partial charge is 0.491 e. The fraction of sp³-hybridized carbons (Fsp3) is 0.269. The highest BCUT2D eigenvalue weighted by atomic mass is 32.2. The quantitative estimate of drug-likeness (QED) is 0.394. The van der Waals surface area contributed by atoms with E-state index < -0.39 is 16.2 Å². The zero-order valence-corrected chi connectivity index (χ0v) is 20.3. The maximum absolute atomic E-state index is 13.5. The van der Waals surface area contributed by atoms with Crippen molar-refractivity contribution in [2.75, 3.05) is 17.9 Å². The van der Waals surface area contributed by atoms with E-state index in [2.05, 4.69) is 5.10 Å². The Kier molecular flexibility index (Phi) is 7.85. The van der Waals surface area contributed by atoms with E-state index in [9.17, 15) is 22.3 Å². The van der Waals surface area contributed by atoms with Crippen LogP contribution in [0.1, 0.15) is 24.5 Å². The molecule has 0 aliphatic carbocycles. The number of hydrogen-bond donors (Lipinski definition) is 1. The van der Waals surface area contributed by atoms with Crippen molar-refractivity contribution < 1.29 is 31.2 Å². The van der Waals surface area contributed by atoms with Crippen LogP contribution in [0, 0.1) is 17.6 Å². The summed E-state index contributed by atoms with van der Waals surface area (Å²) < 4.78 is 60.1. The molecule has 1 aliphatic heterocycles. The fourth-order valence-electron chi connectivity index (χ4n) is 3.99. The molecule has 3 aromatic rings. The van der Waals surface area contributed by atoms with Crippen molar-refractivity contribution >= 4 is 22.0 Å². The van der Waals surface area contributed by atoms with Crippen molar-refractivity contribution in [3.05, 3.63) is 90.0 Å². The number of benzene rings is 3. The first-order valence-corrected chi connectivity index (χ1v) is 13.1. The first kappa shape index (κ1) is 25.6. The lowest BCUT2D eigenvalue weighted by atomic mass is 9.93. The predicted octanol–water partition coefficient (Wildman–Crippen LogP) is 4.69. The third-order valence-electron chi connectivity index (χ3n) is 5.80. The van der Waals surface area contributed by atoms with E-state index in [1.807, 2.05) is 0 Å². The molecule has 3 aromatic carbocycles. The van der Waals surface area contributed by atoms with E-state index in [0.717, 1.165) is 6.26 Å². The first-order valence-electron chi connectivity index (χ1n) is 11.3. The summed E-state index contributed by atoms with van der Waals surface area (Å²) in [5.74, 6) is -0.124. The summed E-state index contributed by atoms with van der Waals surface area (Å²) in [6, 6.07) is 17.7. The van der Waals surface area contributed by atoms with Crippen molar-refractivity contribution in [1.29, 1.82) is 0 Å². The van der Waals surface area contributed by atoms with Crippen LogP contribution in [0.5, 0.6) is 11.5 Å². The summed E-state index contributed by atoms with van der Waals surface area (Å²) in [6.07, 6.45) is 3.00. The monoisotopic (exact) mass is 516 g/mol. The molecule has 0 fully saturated rings. The van der Waals surface area contributed by atoms with Gasteiger partial charge in [0.25, 0.3) is 0 Å². The van der Waals surface area contributed by atoms with Gasteiger partial charge in [0, 0.05) is 12.1 Å². The summed E-state index contributed by atoms with van der Waals surface area (Å²) in [4.78, 5) is 0. The molecule has 1 N–H and O–H groups in total. The van der Waals surface area contributed by atoms with Gasteiger partial charge in [-0.15, -0.1) is 0 Å². The van der Waals surface area contributed by atoms with Crippen LogP contribution < -0.4 is 13.9 Å². The lowest BCUT2D eigenvalue weighted by molar-refractivity contribution is 0.157. The Bertz CT molecular complexity index is 1280. The molecule has 0 aromatic heterocycles. The summed E-state index contributed by atoms with van der Waals surface area (Å²) >= 11 is 0. The molecule has 1 heterocycles. The molecular weight excluding hydrogens is 490 g/mol. The highest BCUT2D eigenvalue weighted by molar-refractivity contribution is 7.86. The Labute approximate surface area is 208 Å². The van der Waals surface area contributed by atoms with Gasteiger partial charge >= 0.3 is 10.1 Å². The van der Waals surface area contributed by atoms with Crippen LogP contribution in [0.25, 0.3) is 0 Å². The third-order valence-corrected chi connectivity index (χ3v) is 6.30. The van der Waals surface area contributed by atoms with Crippen molar-refractivity contribution in [1.82, 2.24) is 0 Å². The predicted molar refractivity (Wildman–Crippen MR) is 133 cm³/mol. The van der Waals surface area contributed by atoms with E-state index in [0.29, 0.717) is 29.8 Å². The third kappa shape index (κ3) is 6.79. The zero-order chi connectivity index (χ0) is 25.7. The second-order valence-corrected chi connectivity index (χ2v) is 10.1. The smallest absolute Gasteiger partial charge is 0.306 e. The molecule has 190 valence electrons. The number of anilines is 1. The molecule has 0 bridgehead atoms. The van der Waals surface area contributed by atoms with Crippen LogP contribution in [0.15, 0.2) is 77.9 Å². The van der Waals surface area contributed by atoms with E-state index in [-0.39, 0.29) is 36.0 Å². The average Bonchev–Trinajstić information content (AvgIpc) is 3.24. The molecule has 4 rings (SSSR count). The van der Waals surface area contributed by atoms with Crippen LogP contribution in [0.4, 0.5) is 14.5 Å². The van der Waals surface area contributed by atoms with Crippen molar-refractivity contribution in [3.63, 3.8) is 0 Å². The summed E-state index contributed by atoms with van der Waals surface area (Å²) in [7, 11) is -3.63. The standard InChI is InChI=1S/C26H26F2N2O5S/c1-36(32,33)35-24-13-11-23(12-14-24)34-17-25-19(4-15-26(31)18-2-5-20(27)6-3-18)16-29-30(25)22-9-7-21(28)8-10-22/h2-3,5-14,16,19,25-26,31H,4,15,17H2,1H3/t19-,25+,26-/m0/s1. The van der Waals surface area contributed by atoms with E-state index in [1.54, 1.807) is 47.6 Å². The average molecular weight is 517 g/mol. The molecule has 10 heteroatoms. The highest BCUT2D eigenvalue weighted by Crippen LogP contribution is 2.31. The number of nitrogens with zero attached hydrogens (tertiary/aromatic N) is 2. The van der Waals surface area contributed by atoms with Gasteiger partial charge in [-0.05, 0) is 79.1 Å². The van der Waals surface area contributed by atoms with Crippen molar-refractivity contribution in [3.8, 4) is 11.5 Å². The molecule has 0 saturated heterocycles. The first-order chi connectivity index (χ1) is 17.2. The second-order valence-electron chi connectivity index (χ2n) is 8.53. The Morgan fingerprint density at radius 1 is 0.944 bits per heavy atom. The van der Waals surface area contributed by atoms with Crippen LogP contribution >= 0.6 is 0 Å². The van der Waals surface area contributed by atoms with Gasteiger partial charge in [0.05, 0.1) is 24.1 Å². The van der Waals surface area contributed by atoms with Crippen LogP contribution in [-0.2, 0) is 10.1 Å². The molecule has 0 radical (unpaired) electrons. The van der Waals surface area contributed by atoms with Gasteiger partial charge in [-0.1, -0.05) is 12.1 Å². The number of ether oxygens (including phenoxy) is 1. The summed E-state index contributed by atoms with van der Waals surface area (Å²) in [5, 5.41) is 16.9. The number of hydrogen-bond acceptors (Lipinski definition) is 7. The molecule has 3 atom stereocenters. The Hall–Kier alpha value is -3.50. The number of aliphatic hydroxyl groups excluding tert-OH is 1. The normalized spacial score (nSPS) is 18.3. The minimum atomic E-state index is -3.63. The van der Waals surface area contributed by atoms with Gasteiger partial charge in [0.1, 0.15) is 29.7 Å². The van der Waals surface area contributed by atoms with Gasteiger partial charge in [-0.3, -0.25) is 5.01 Å². The zero-order valence-electron chi connectivity index (χ0n) is 19.5. The second kappa shape index (κ2) is 11.0. The Morgan fingerprint density at radius 3 is 2.14 bits per heavy atom. The summed E-state index contributed by atoms with van der Waals surface area (Å²) in [6.45, 7) is 0.223. The van der Waals surface area contributed by atoms with Crippen molar-refractivity contribution in [2.24, 2.45) is 11.0 Å². The summed E-state index contributed by atoms with van der Waals surface area (Å²) in [5.41, 5.74) is 1.32. The number of halogens is 2. The van der Waals surface area contributed by atoms with E-state index >= 15 is 0 Å². The maximum Gasteiger partial charge on any atom is 0.306 e. The Morgan fingerprint density at radius 2 is 1.53 bits per heavy atom. The topological polar surface area (TPSA) is 88.4 Å². The van der Waals surface area contributed by atoms with E-state index in [1.165, 1.54) is 36.4 Å². The molecule has 0 spiro atoms. The molecule has 36 heavy (non-hydrogen) atoms. The Balaban J connectivity index is 1.45. The van der Waals surface area contributed by atoms with Crippen LogP contribution in [0.3, 0.4) is 0 Å². The molecule has 1 aliphatic rings. The fourth-order valence-corrected chi connectivity index (χ4v) is 4.45. The number of hydrazone groups is 1. The van der Waals surface area contributed by atoms with Crippen LogP contribution in [0.2, 0.25) is 0 Å². The lowest BCUT2D eigenvalue weighted by Gasteiger charge is -2.28. The van der Waals surface area contributed by atoms with Gasteiger partial charge in [0.15, 0.2) is 0 Å². The van der Waals surface area contributed by atoms with Crippen LogP contribution in [-0.4, -0.2) is 38.6 Å². The molecule has 7 nitrogen and oxygen atoms in total. The van der Waals surface area contributed by atoms with Gasteiger partial charge < -0.3 is 14.0 Å². The van der Waals surface area contributed by atoms with Crippen molar-refractivity contribution in [2.45, 2.75) is 25.0 Å². The highest BCUT2D eigenvalue weighted by Gasteiger charge is 2.33. The molecule has 0 amide bonds. The minimum Gasteiger partial charge on any atom is -0.491 e. The van der Waals surface area contributed by atoms with Gasteiger partial charge in [-0.25, -0.2) is 8.78 Å². The number of rotatable bonds is 10. The number of aliphatic hydroxyl groups is 1. The lowest BCUT2D eigenvalue weighted by Crippen LogP contribution is -2.38.